The predicted octanol–water partition coefficient (Wildman–Crippen LogP) is -6.31. The van der Waals surface area contributed by atoms with Gasteiger partial charge in [-0.1, -0.05) is 33.8 Å². The molecule has 3 heterocycles. The van der Waals surface area contributed by atoms with Gasteiger partial charge in [-0.05, 0) is 24.0 Å². The molecule has 0 spiro atoms. The molecule has 26 heavy (non-hydrogen) atoms. The van der Waals surface area contributed by atoms with E-state index >= 15 is 0 Å². The molecule has 2 aliphatic heterocycles. The average Bonchev–Trinajstić information content (AvgIpc) is 3.17. The SMILES string of the molecule is CC(C)[C@H]1COC(c2cccc(C3=N[C@@H](C(C)C)CO3)n2)=N1.[Cl-].[Cl-].[Cl-].[Fe+3]. The molecule has 0 unspecified atom stereocenters. The van der Waals surface area contributed by atoms with E-state index in [2.05, 4.69) is 42.7 Å². The summed E-state index contributed by atoms with van der Waals surface area (Å²) in [5, 5.41) is 0. The first-order valence-corrected chi connectivity index (χ1v) is 7.93. The second-order valence-corrected chi connectivity index (χ2v) is 6.52. The number of rotatable bonds is 4. The Labute approximate surface area is 184 Å². The van der Waals surface area contributed by atoms with E-state index < -0.39 is 0 Å². The fourth-order valence-corrected chi connectivity index (χ4v) is 2.42. The van der Waals surface area contributed by atoms with Crippen LogP contribution in [0.4, 0.5) is 0 Å². The molecule has 147 valence electrons. The van der Waals surface area contributed by atoms with Crippen LogP contribution >= 0.6 is 0 Å². The molecule has 0 fully saturated rings. The maximum Gasteiger partial charge on any atom is 3.00 e. The van der Waals surface area contributed by atoms with Crippen molar-refractivity contribution in [3.05, 3.63) is 29.6 Å². The topological polar surface area (TPSA) is 56.1 Å². The van der Waals surface area contributed by atoms with Gasteiger partial charge in [0.25, 0.3) is 0 Å². The Balaban J connectivity index is 0. The number of pyridine rings is 1. The van der Waals surface area contributed by atoms with Crippen molar-refractivity contribution < 1.29 is 63.8 Å². The van der Waals surface area contributed by atoms with E-state index in [9.17, 15) is 0 Å². The van der Waals surface area contributed by atoms with Crippen LogP contribution in [0, 0.1) is 11.8 Å². The van der Waals surface area contributed by atoms with Gasteiger partial charge in [0.2, 0.25) is 11.8 Å². The Bertz CT molecular complexity index is 578. The third-order valence-electron chi connectivity index (χ3n) is 4.07. The Hall–Kier alpha value is -0.521. The molecule has 0 amide bonds. The summed E-state index contributed by atoms with van der Waals surface area (Å²) in [5.74, 6) is 2.18. The van der Waals surface area contributed by atoms with Gasteiger partial charge in [0, 0.05) is 0 Å². The number of hydrogen-bond acceptors (Lipinski definition) is 5. The van der Waals surface area contributed by atoms with Crippen LogP contribution in [0.2, 0.25) is 0 Å². The van der Waals surface area contributed by atoms with Crippen molar-refractivity contribution in [2.75, 3.05) is 13.2 Å². The Kier molecular flexibility index (Phi) is 12.8. The van der Waals surface area contributed by atoms with E-state index in [0.717, 1.165) is 11.4 Å². The van der Waals surface area contributed by atoms with Crippen LogP contribution in [0.5, 0.6) is 0 Å². The van der Waals surface area contributed by atoms with Crippen molar-refractivity contribution >= 4 is 11.8 Å². The van der Waals surface area contributed by atoms with E-state index in [4.69, 9.17) is 9.47 Å². The molecule has 0 bridgehead atoms. The Morgan fingerprint density at radius 3 is 1.50 bits per heavy atom. The predicted molar refractivity (Wildman–Crippen MR) is 86.5 cm³/mol. The monoisotopic (exact) mass is 462 g/mol. The number of nitrogens with zero attached hydrogens (tertiary/aromatic N) is 3. The van der Waals surface area contributed by atoms with Gasteiger partial charge in [-0.15, -0.1) is 0 Å². The first-order valence-electron chi connectivity index (χ1n) is 7.93. The van der Waals surface area contributed by atoms with Gasteiger partial charge in [0.1, 0.15) is 24.6 Å². The van der Waals surface area contributed by atoms with Crippen LogP contribution in [-0.4, -0.2) is 42.1 Å². The summed E-state index contributed by atoms with van der Waals surface area (Å²) in [5.41, 5.74) is 1.50. The van der Waals surface area contributed by atoms with Gasteiger partial charge >= 0.3 is 17.1 Å². The minimum Gasteiger partial charge on any atom is -1.00 e. The molecular formula is C17H23Cl3FeN3O2. The molecule has 0 aromatic carbocycles. The summed E-state index contributed by atoms with van der Waals surface area (Å²) in [6, 6.07) is 6.21. The fraction of sp³-hybridized carbons (Fsp3) is 0.588. The maximum atomic E-state index is 5.70. The minimum absolute atomic E-state index is 0. The first kappa shape index (κ1) is 27.7. The maximum absolute atomic E-state index is 5.70. The standard InChI is InChI=1S/C17H23N3O2.3ClH.Fe/c1-10(2)14-8-21-16(19-14)12-6-5-7-13(18-12)17-20-15(9-22-17)11(3)4;;;;/h5-7,10-11,14-15H,8-9H2,1-4H3;3*1H;/q;;;;+3/p-3/t14-,15-;;;;/m1..../s1. The van der Waals surface area contributed by atoms with Crippen molar-refractivity contribution in [1.82, 2.24) is 4.98 Å². The molecule has 1 aromatic heterocycles. The summed E-state index contributed by atoms with van der Waals surface area (Å²) >= 11 is 0. The third-order valence-corrected chi connectivity index (χ3v) is 4.07. The Morgan fingerprint density at radius 1 is 0.808 bits per heavy atom. The minimum atomic E-state index is 0. The second-order valence-electron chi connectivity index (χ2n) is 6.52. The Morgan fingerprint density at radius 2 is 1.19 bits per heavy atom. The van der Waals surface area contributed by atoms with Crippen LogP contribution in [0.15, 0.2) is 28.2 Å². The van der Waals surface area contributed by atoms with Gasteiger partial charge in [-0.25, -0.2) is 15.0 Å². The van der Waals surface area contributed by atoms with Crippen molar-refractivity contribution in [3.63, 3.8) is 0 Å². The molecule has 1 aromatic rings. The molecule has 5 nitrogen and oxygen atoms in total. The smallest absolute Gasteiger partial charge is 1.00 e. The quantitative estimate of drug-likeness (QED) is 0.418. The van der Waals surface area contributed by atoms with E-state index in [1.807, 2.05) is 18.2 Å². The number of aliphatic imine (C=N–C) groups is 2. The van der Waals surface area contributed by atoms with Crippen LogP contribution in [0.1, 0.15) is 39.1 Å². The van der Waals surface area contributed by atoms with E-state index in [-0.39, 0.29) is 66.4 Å². The molecule has 0 aliphatic carbocycles. The van der Waals surface area contributed by atoms with E-state index in [1.165, 1.54) is 0 Å². The van der Waals surface area contributed by atoms with Gasteiger partial charge in [-0.2, -0.15) is 0 Å². The zero-order chi connectivity index (χ0) is 15.7. The molecule has 3 rings (SSSR count). The zero-order valence-corrected chi connectivity index (χ0v) is 18.5. The second kappa shape index (κ2) is 12.0. The van der Waals surface area contributed by atoms with E-state index in [0.29, 0.717) is 36.8 Å². The molecule has 0 N–H and O–H groups in total. The van der Waals surface area contributed by atoms with Gasteiger partial charge in [0.15, 0.2) is 0 Å². The van der Waals surface area contributed by atoms with Crippen LogP contribution in [0.25, 0.3) is 0 Å². The normalized spacial score (nSPS) is 20.5. The molecule has 2 atom stereocenters. The van der Waals surface area contributed by atoms with Crippen molar-refractivity contribution in [3.8, 4) is 0 Å². The third kappa shape index (κ3) is 6.28. The van der Waals surface area contributed by atoms with Crippen LogP contribution < -0.4 is 37.2 Å². The van der Waals surface area contributed by atoms with Crippen molar-refractivity contribution in [1.29, 1.82) is 0 Å². The van der Waals surface area contributed by atoms with Crippen LogP contribution in [-0.2, 0) is 26.5 Å². The number of hydrogen-bond donors (Lipinski definition) is 0. The largest absolute Gasteiger partial charge is 3.00 e. The molecule has 0 saturated heterocycles. The summed E-state index contributed by atoms with van der Waals surface area (Å²) in [4.78, 5) is 13.9. The average molecular weight is 464 g/mol. The molecule has 9 heteroatoms. The fourth-order valence-electron chi connectivity index (χ4n) is 2.42. The summed E-state index contributed by atoms with van der Waals surface area (Å²) < 4.78 is 11.4. The van der Waals surface area contributed by atoms with Crippen LogP contribution in [0.3, 0.4) is 0 Å². The number of halogens is 3. The van der Waals surface area contributed by atoms with Crippen molar-refractivity contribution in [2.24, 2.45) is 21.8 Å². The number of aromatic nitrogens is 1. The zero-order valence-electron chi connectivity index (χ0n) is 15.1. The summed E-state index contributed by atoms with van der Waals surface area (Å²) in [7, 11) is 0. The molecule has 1 radical (unpaired) electrons. The molecular weight excluding hydrogens is 440 g/mol. The first-order chi connectivity index (χ1) is 10.5. The van der Waals surface area contributed by atoms with Gasteiger partial charge in [-0.3, -0.25) is 0 Å². The summed E-state index contributed by atoms with van der Waals surface area (Å²) in [6.07, 6.45) is 0. The summed E-state index contributed by atoms with van der Waals surface area (Å²) in [6.45, 7) is 9.86. The van der Waals surface area contributed by atoms with Gasteiger partial charge < -0.3 is 46.7 Å². The number of ether oxygens (including phenoxy) is 2. The molecule has 0 saturated carbocycles. The molecule has 2 aliphatic rings. The van der Waals surface area contributed by atoms with Crippen molar-refractivity contribution in [2.45, 2.75) is 39.8 Å². The van der Waals surface area contributed by atoms with E-state index in [1.54, 1.807) is 0 Å². The van der Waals surface area contributed by atoms with Gasteiger partial charge in [0.05, 0.1) is 12.1 Å².